The Hall–Kier alpha value is -1.55. The van der Waals surface area contributed by atoms with E-state index in [1.165, 1.54) is 6.20 Å². The van der Waals surface area contributed by atoms with Gasteiger partial charge in [0.15, 0.2) is 9.84 Å². The molecule has 7 heteroatoms. The number of rotatable bonds is 3. The summed E-state index contributed by atoms with van der Waals surface area (Å²) in [7, 11) is -1.24. The predicted molar refractivity (Wildman–Crippen MR) is 78.9 cm³/mol. The molecule has 21 heavy (non-hydrogen) atoms. The van der Waals surface area contributed by atoms with Crippen molar-refractivity contribution >= 4 is 15.7 Å². The molecule has 116 valence electrons. The summed E-state index contributed by atoms with van der Waals surface area (Å²) in [6.45, 7) is 1.39. The number of sulfone groups is 1. The van der Waals surface area contributed by atoms with Crippen LogP contribution >= 0.6 is 0 Å². The standard InChI is InChI=1S/C14H21N3O3S/c1-16(13-5-8-21(19,20)11-13)10-12(9-15)14(18)17-6-3-2-4-7-17/h10,13H,2-8,11H2,1H3/b12-10-. The van der Waals surface area contributed by atoms with Gasteiger partial charge in [-0.15, -0.1) is 0 Å². The zero-order valence-corrected chi connectivity index (χ0v) is 13.1. The van der Waals surface area contributed by atoms with E-state index in [-0.39, 0.29) is 29.0 Å². The number of nitrogens with zero attached hydrogens (tertiary/aromatic N) is 3. The average Bonchev–Trinajstić information content (AvgIpc) is 2.85. The van der Waals surface area contributed by atoms with E-state index in [2.05, 4.69) is 0 Å². The minimum atomic E-state index is -2.97. The number of piperidine rings is 1. The lowest BCUT2D eigenvalue weighted by atomic mass is 10.1. The second-order valence-electron chi connectivity index (χ2n) is 5.73. The summed E-state index contributed by atoms with van der Waals surface area (Å²) < 4.78 is 23.0. The number of amides is 1. The van der Waals surface area contributed by atoms with Gasteiger partial charge in [0, 0.05) is 32.4 Å². The topological polar surface area (TPSA) is 81.5 Å². The molecule has 0 aromatic heterocycles. The Labute approximate surface area is 125 Å². The molecule has 2 fully saturated rings. The molecule has 2 heterocycles. The van der Waals surface area contributed by atoms with Gasteiger partial charge in [0.05, 0.1) is 11.5 Å². The van der Waals surface area contributed by atoms with Gasteiger partial charge in [-0.05, 0) is 25.7 Å². The molecule has 1 atom stereocenters. The molecule has 0 bridgehead atoms. The van der Waals surface area contributed by atoms with Crippen LogP contribution < -0.4 is 0 Å². The Kier molecular flexibility index (Phi) is 4.88. The van der Waals surface area contributed by atoms with Crippen molar-refractivity contribution in [3.05, 3.63) is 11.8 Å². The van der Waals surface area contributed by atoms with E-state index in [9.17, 15) is 18.5 Å². The largest absolute Gasteiger partial charge is 0.375 e. The lowest BCUT2D eigenvalue weighted by molar-refractivity contribution is -0.127. The number of carbonyl (C=O) groups is 1. The Morgan fingerprint density at radius 1 is 1.33 bits per heavy atom. The van der Waals surface area contributed by atoms with Gasteiger partial charge >= 0.3 is 0 Å². The lowest BCUT2D eigenvalue weighted by Gasteiger charge is -2.27. The first-order valence-corrected chi connectivity index (χ1v) is 9.08. The molecule has 0 radical (unpaired) electrons. The van der Waals surface area contributed by atoms with E-state index >= 15 is 0 Å². The first-order chi connectivity index (χ1) is 9.93. The zero-order valence-electron chi connectivity index (χ0n) is 12.3. The molecule has 2 rings (SSSR count). The molecule has 1 amide bonds. The minimum absolute atomic E-state index is 0.0868. The molecular formula is C14H21N3O3S. The van der Waals surface area contributed by atoms with Gasteiger partial charge < -0.3 is 9.80 Å². The van der Waals surface area contributed by atoms with Gasteiger partial charge in [0.2, 0.25) is 0 Å². The Morgan fingerprint density at radius 3 is 2.52 bits per heavy atom. The second-order valence-corrected chi connectivity index (χ2v) is 7.96. The maximum atomic E-state index is 12.3. The molecular weight excluding hydrogens is 290 g/mol. The third-order valence-electron chi connectivity index (χ3n) is 4.11. The average molecular weight is 311 g/mol. The summed E-state index contributed by atoms with van der Waals surface area (Å²) in [5.74, 6) is 0.0268. The second kappa shape index (κ2) is 6.48. The molecule has 0 aromatic carbocycles. The smallest absolute Gasteiger partial charge is 0.266 e. The van der Waals surface area contributed by atoms with Crippen LogP contribution in [0.1, 0.15) is 25.7 Å². The summed E-state index contributed by atoms with van der Waals surface area (Å²) in [5.41, 5.74) is 0.0868. The number of nitriles is 1. The first kappa shape index (κ1) is 15.8. The quantitative estimate of drug-likeness (QED) is 0.561. The molecule has 2 aliphatic heterocycles. The molecule has 0 aromatic rings. The molecule has 1 unspecified atom stereocenters. The van der Waals surface area contributed by atoms with E-state index in [0.29, 0.717) is 19.5 Å². The van der Waals surface area contributed by atoms with Gasteiger partial charge in [-0.2, -0.15) is 5.26 Å². The SMILES string of the molecule is CN(/C=C(/C#N)C(=O)N1CCCCC1)C1CCS(=O)(=O)C1. The highest BCUT2D eigenvalue weighted by molar-refractivity contribution is 7.91. The van der Waals surface area contributed by atoms with E-state index < -0.39 is 9.84 Å². The summed E-state index contributed by atoms with van der Waals surface area (Å²) in [6, 6.07) is 1.81. The molecule has 2 aliphatic rings. The van der Waals surface area contributed by atoms with Crippen LogP contribution in [0.25, 0.3) is 0 Å². The molecule has 0 N–H and O–H groups in total. The Balaban J connectivity index is 2.06. The van der Waals surface area contributed by atoms with Crippen LogP contribution in [0.15, 0.2) is 11.8 Å². The fourth-order valence-electron chi connectivity index (χ4n) is 2.80. The van der Waals surface area contributed by atoms with Crippen molar-refractivity contribution in [2.75, 3.05) is 31.6 Å². The van der Waals surface area contributed by atoms with E-state index in [1.807, 2.05) is 6.07 Å². The molecule has 0 aliphatic carbocycles. The molecule has 2 saturated heterocycles. The van der Waals surface area contributed by atoms with Gasteiger partial charge in [-0.1, -0.05) is 0 Å². The van der Waals surface area contributed by atoms with Gasteiger partial charge in [-0.3, -0.25) is 4.79 Å². The molecule has 0 saturated carbocycles. The maximum absolute atomic E-state index is 12.3. The summed E-state index contributed by atoms with van der Waals surface area (Å²) >= 11 is 0. The summed E-state index contributed by atoms with van der Waals surface area (Å²) in [4.78, 5) is 15.7. The highest BCUT2D eigenvalue weighted by Crippen LogP contribution is 2.18. The van der Waals surface area contributed by atoms with Gasteiger partial charge in [-0.25, -0.2) is 8.42 Å². The highest BCUT2D eigenvalue weighted by atomic mass is 32.2. The number of carbonyl (C=O) groups excluding carboxylic acids is 1. The zero-order chi connectivity index (χ0) is 15.5. The fraction of sp³-hybridized carbons (Fsp3) is 0.714. The monoisotopic (exact) mass is 311 g/mol. The maximum Gasteiger partial charge on any atom is 0.266 e. The predicted octanol–water partition coefficient (Wildman–Crippen LogP) is 0.525. The normalized spacial score (nSPS) is 25.4. The van der Waals surface area contributed by atoms with Crippen LogP contribution in [0.2, 0.25) is 0 Å². The summed E-state index contributed by atoms with van der Waals surface area (Å²) in [5, 5.41) is 9.21. The third kappa shape index (κ3) is 3.97. The summed E-state index contributed by atoms with van der Waals surface area (Å²) in [6.07, 6.45) is 5.12. The number of hydrogen-bond donors (Lipinski definition) is 0. The van der Waals surface area contributed by atoms with Crippen LogP contribution in [-0.2, 0) is 14.6 Å². The highest BCUT2D eigenvalue weighted by Gasteiger charge is 2.30. The third-order valence-corrected chi connectivity index (χ3v) is 5.86. The van der Waals surface area contributed by atoms with Crippen molar-refractivity contribution in [2.24, 2.45) is 0 Å². The van der Waals surface area contributed by atoms with Crippen molar-refractivity contribution in [1.82, 2.24) is 9.80 Å². The van der Waals surface area contributed by atoms with Gasteiger partial charge in [0.1, 0.15) is 11.6 Å². The molecule has 6 nitrogen and oxygen atoms in total. The number of hydrogen-bond acceptors (Lipinski definition) is 5. The van der Waals surface area contributed by atoms with Crippen LogP contribution in [0.4, 0.5) is 0 Å². The van der Waals surface area contributed by atoms with E-state index in [4.69, 9.17) is 0 Å². The van der Waals surface area contributed by atoms with Crippen LogP contribution in [0, 0.1) is 11.3 Å². The van der Waals surface area contributed by atoms with Gasteiger partial charge in [0.25, 0.3) is 5.91 Å². The van der Waals surface area contributed by atoms with Crippen molar-refractivity contribution in [3.8, 4) is 6.07 Å². The van der Waals surface area contributed by atoms with Crippen molar-refractivity contribution in [3.63, 3.8) is 0 Å². The first-order valence-electron chi connectivity index (χ1n) is 7.26. The minimum Gasteiger partial charge on any atom is -0.375 e. The Morgan fingerprint density at radius 2 is 2.00 bits per heavy atom. The van der Waals surface area contributed by atoms with Crippen molar-refractivity contribution in [2.45, 2.75) is 31.7 Å². The number of likely N-dealkylation sites (tertiary alicyclic amines) is 1. The van der Waals surface area contributed by atoms with E-state index in [1.54, 1.807) is 16.8 Å². The van der Waals surface area contributed by atoms with Crippen molar-refractivity contribution < 1.29 is 13.2 Å². The van der Waals surface area contributed by atoms with Crippen LogP contribution in [0.5, 0.6) is 0 Å². The van der Waals surface area contributed by atoms with Crippen molar-refractivity contribution in [1.29, 1.82) is 5.26 Å². The van der Waals surface area contributed by atoms with Crippen LogP contribution in [-0.4, -0.2) is 61.8 Å². The Bertz CT molecular complexity index is 571. The van der Waals surface area contributed by atoms with E-state index in [0.717, 1.165) is 19.3 Å². The fourth-order valence-corrected chi connectivity index (χ4v) is 4.59. The lowest BCUT2D eigenvalue weighted by Crippen LogP contribution is -2.37. The molecule has 0 spiro atoms. The van der Waals surface area contributed by atoms with Crippen LogP contribution in [0.3, 0.4) is 0 Å².